The van der Waals surface area contributed by atoms with Crippen LogP contribution in [0.5, 0.6) is 0 Å². The average Bonchev–Trinajstić information content (AvgIpc) is 2.41. The molecule has 0 aliphatic heterocycles. The van der Waals surface area contributed by atoms with Crippen molar-refractivity contribution in [2.24, 2.45) is 5.16 Å². The van der Waals surface area contributed by atoms with E-state index in [0.29, 0.717) is 5.56 Å². The molecule has 0 spiro atoms. The summed E-state index contributed by atoms with van der Waals surface area (Å²) in [6, 6.07) is 15.4. The second-order valence-electron chi connectivity index (χ2n) is 4.01. The predicted molar refractivity (Wildman–Crippen MR) is 70.7 cm³/mol. The average molecular weight is 236 g/mol. The van der Waals surface area contributed by atoms with Gasteiger partial charge in [0.1, 0.15) is 0 Å². The van der Waals surface area contributed by atoms with E-state index in [0.717, 1.165) is 22.3 Å². The Labute approximate surface area is 106 Å². The summed E-state index contributed by atoms with van der Waals surface area (Å²) >= 11 is 0. The van der Waals surface area contributed by atoms with Gasteiger partial charge < -0.3 is 5.21 Å². The highest BCUT2D eigenvalue weighted by Crippen LogP contribution is 2.22. The molecule has 0 radical (unpaired) electrons. The number of oxime groups is 1. The fourth-order valence-corrected chi connectivity index (χ4v) is 1.83. The second-order valence-corrected chi connectivity index (χ2v) is 4.01. The topological polar surface area (TPSA) is 56.4 Å². The van der Waals surface area contributed by atoms with Crippen molar-refractivity contribution in [1.29, 1.82) is 5.26 Å². The number of nitriles is 1. The molecular formula is C15H12N2O. The van der Waals surface area contributed by atoms with Gasteiger partial charge in [-0.3, -0.25) is 0 Å². The van der Waals surface area contributed by atoms with E-state index in [1.807, 2.05) is 43.3 Å². The zero-order valence-corrected chi connectivity index (χ0v) is 9.96. The Bertz CT molecular complexity index is 639. The lowest BCUT2D eigenvalue weighted by Gasteiger charge is -2.05. The van der Waals surface area contributed by atoms with Crippen LogP contribution >= 0.6 is 0 Å². The van der Waals surface area contributed by atoms with E-state index in [-0.39, 0.29) is 0 Å². The molecule has 0 amide bonds. The van der Waals surface area contributed by atoms with E-state index in [1.165, 1.54) is 6.21 Å². The third kappa shape index (κ3) is 2.38. The van der Waals surface area contributed by atoms with Crippen molar-refractivity contribution >= 4 is 6.21 Å². The maximum Gasteiger partial charge on any atom is 0.0991 e. The Morgan fingerprint density at radius 3 is 2.61 bits per heavy atom. The standard InChI is InChI=1S/C15H12N2O/c1-11-7-14(5-6-15(11)10-17-18)13-4-2-3-12(8-13)9-16/h2-8,10,18H,1H3. The van der Waals surface area contributed by atoms with Crippen molar-refractivity contribution in [1.82, 2.24) is 0 Å². The molecule has 1 N–H and O–H groups in total. The summed E-state index contributed by atoms with van der Waals surface area (Å²) in [6.07, 6.45) is 1.41. The third-order valence-electron chi connectivity index (χ3n) is 2.79. The SMILES string of the molecule is Cc1cc(-c2cccc(C#N)c2)ccc1C=NO. The highest BCUT2D eigenvalue weighted by molar-refractivity contribution is 5.83. The van der Waals surface area contributed by atoms with Crippen molar-refractivity contribution in [2.45, 2.75) is 6.92 Å². The lowest BCUT2D eigenvalue weighted by Crippen LogP contribution is -1.88. The highest BCUT2D eigenvalue weighted by atomic mass is 16.4. The second kappa shape index (κ2) is 5.15. The number of rotatable bonds is 2. The maximum absolute atomic E-state index is 8.88. The van der Waals surface area contributed by atoms with Gasteiger partial charge in [-0.2, -0.15) is 5.26 Å². The van der Waals surface area contributed by atoms with E-state index in [9.17, 15) is 0 Å². The highest BCUT2D eigenvalue weighted by Gasteiger charge is 2.02. The van der Waals surface area contributed by atoms with Crippen LogP contribution in [0.2, 0.25) is 0 Å². The van der Waals surface area contributed by atoms with Crippen LogP contribution in [0.3, 0.4) is 0 Å². The first-order valence-corrected chi connectivity index (χ1v) is 5.53. The van der Waals surface area contributed by atoms with Crippen molar-refractivity contribution in [3.8, 4) is 17.2 Å². The molecule has 0 atom stereocenters. The van der Waals surface area contributed by atoms with Gasteiger partial charge >= 0.3 is 0 Å². The zero-order chi connectivity index (χ0) is 13.0. The maximum atomic E-state index is 8.88. The van der Waals surface area contributed by atoms with Gasteiger partial charge in [-0.1, -0.05) is 35.5 Å². The largest absolute Gasteiger partial charge is 0.411 e. The quantitative estimate of drug-likeness (QED) is 0.494. The molecule has 0 aliphatic rings. The Hall–Kier alpha value is -2.60. The summed E-state index contributed by atoms with van der Waals surface area (Å²) in [5.74, 6) is 0. The van der Waals surface area contributed by atoms with Gasteiger partial charge in [0, 0.05) is 0 Å². The van der Waals surface area contributed by atoms with Gasteiger partial charge in [0.25, 0.3) is 0 Å². The smallest absolute Gasteiger partial charge is 0.0991 e. The lowest BCUT2D eigenvalue weighted by atomic mass is 9.99. The predicted octanol–water partition coefficient (Wildman–Crippen LogP) is 3.34. The van der Waals surface area contributed by atoms with Crippen molar-refractivity contribution < 1.29 is 5.21 Å². The van der Waals surface area contributed by atoms with Crippen LogP contribution in [0, 0.1) is 18.3 Å². The molecule has 0 bridgehead atoms. The molecular weight excluding hydrogens is 224 g/mol. The minimum Gasteiger partial charge on any atom is -0.411 e. The monoisotopic (exact) mass is 236 g/mol. The van der Waals surface area contributed by atoms with Crippen LogP contribution in [0.1, 0.15) is 16.7 Å². The van der Waals surface area contributed by atoms with Crippen LogP contribution in [-0.4, -0.2) is 11.4 Å². The van der Waals surface area contributed by atoms with Gasteiger partial charge in [0.15, 0.2) is 0 Å². The van der Waals surface area contributed by atoms with Gasteiger partial charge in [-0.25, -0.2) is 0 Å². The molecule has 0 heterocycles. The minimum absolute atomic E-state index is 0.645. The first-order valence-electron chi connectivity index (χ1n) is 5.53. The Balaban J connectivity index is 2.46. The fourth-order valence-electron chi connectivity index (χ4n) is 1.83. The summed E-state index contributed by atoms with van der Waals surface area (Å²) in [5.41, 5.74) is 4.58. The van der Waals surface area contributed by atoms with Crippen LogP contribution < -0.4 is 0 Å². The first kappa shape index (κ1) is 11.9. The van der Waals surface area contributed by atoms with E-state index in [1.54, 1.807) is 6.07 Å². The summed E-state index contributed by atoms with van der Waals surface area (Å²) < 4.78 is 0. The van der Waals surface area contributed by atoms with E-state index >= 15 is 0 Å². The lowest BCUT2D eigenvalue weighted by molar-refractivity contribution is 0.322. The molecule has 0 unspecified atom stereocenters. The van der Waals surface area contributed by atoms with Gasteiger partial charge in [-0.05, 0) is 41.3 Å². The van der Waals surface area contributed by atoms with E-state index in [4.69, 9.17) is 10.5 Å². The van der Waals surface area contributed by atoms with Crippen LogP contribution in [0.25, 0.3) is 11.1 Å². The minimum atomic E-state index is 0.645. The summed E-state index contributed by atoms with van der Waals surface area (Å²) in [7, 11) is 0. The molecule has 2 rings (SSSR count). The number of hydrogen-bond acceptors (Lipinski definition) is 3. The number of nitrogens with zero attached hydrogens (tertiary/aromatic N) is 2. The molecule has 0 saturated heterocycles. The van der Waals surface area contributed by atoms with Crippen molar-refractivity contribution in [3.63, 3.8) is 0 Å². The van der Waals surface area contributed by atoms with Crippen molar-refractivity contribution in [2.75, 3.05) is 0 Å². The molecule has 0 fully saturated rings. The molecule has 3 heteroatoms. The third-order valence-corrected chi connectivity index (χ3v) is 2.79. The number of hydrogen-bond donors (Lipinski definition) is 1. The molecule has 2 aromatic rings. The van der Waals surface area contributed by atoms with Crippen molar-refractivity contribution in [3.05, 3.63) is 59.2 Å². The van der Waals surface area contributed by atoms with Gasteiger partial charge in [-0.15, -0.1) is 0 Å². The Morgan fingerprint density at radius 1 is 1.17 bits per heavy atom. The van der Waals surface area contributed by atoms with Crippen LogP contribution in [0.15, 0.2) is 47.6 Å². The molecule has 3 nitrogen and oxygen atoms in total. The van der Waals surface area contributed by atoms with Crippen LogP contribution in [-0.2, 0) is 0 Å². The number of aryl methyl sites for hydroxylation is 1. The fraction of sp³-hybridized carbons (Fsp3) is 0.0667. The molecule has 2 aromatic carbocycles. The number of benzene rings is 2. The Kier molecular flexibility index (Phi) is 3.40. The zero-order valence-electron chi connectivity index (χ0n) is 9.96. The summed E-state index contributed by atoms with van der Waals surface area (Å²) in [6.45, 7) is 1.95. The molecule has 0 aliphatic carbocycles. The van der Waals surface area contributed by atoms with E-state index in [2.05, 4.69) is 11.2 Å². The first-order chi connectivity index (χ1) is 8.74. The molecule has 88 valence electrons. The summed E-state index contributed by atoms with van der Waals surface area (Å²) in [5, 5.41) is 20.4. The molecule has 18 heavy (non-hydrogen) atoms. The van der Waals surface area contributed by atoms with E-state index < -0.39 is 0 Å². The van der Waals surface area contributed by atoms with Gasteiger partial charge in [0.05, 0.1) is 17.8 Å². The normalized spacial score (nSPS) is 10.4. The van der Waals surface area contributed by atoms with Gasteiger partial charge in [0.2, 0.25) is 0 Å². The van der Waals surface area contributed by atoms with Crippen LogP contribution in [0.4, 0.5) is 0 Å². The summed E-state index contributed by atoms with van der Waals surface area (Å²) in [4.78, 5) is 0. The Morgan fingerprint density at radius 2 is 1.94 bits per heavy atom. The molecule has 0 saturated carbocycles. The molecule has 0 aromatic heterocycles.